The second kappa shape index (κ2) is 8.92. The summed E-state index contributed by atoms with van der Waals surface area (Å²) in [5.74, 6) is -0.0315. The normalized spacial score (nSPS) is 14.8. The summed E-state index contributed by atoms with van der Waals surface area (Å²) in [6, 6.07) is 15.3. The van der Waals surface area contributed by atoms with Gasteiger partial charge in [0.1, 0.15) is 0 Å². The van der Waals surface area contributed by atoms with Crippen molar-refractivity contribution < 1.29 is 9.59 Å². The van der Waals surface area contributed by atoms with Crippen LogP contribution in [0.5, 0.6) is 0 Å². The Morgan fingerprint density at radius 1 is 1.10 bits per heavy atom. The number of piperidine rings is 1. The first-order valence-corrected chi connectivity index (χ1v) is 10.8. The number of aromatic amines is 1. The highest BCUT2D eigenvalue weighted by atomic mass is 35.5. The predicted octanol–water partition coefficient (Wildman–Crippen LogP) is 4.34. The van der Waals surface area contributed by atoms with Crippen molar-refractivity contribution in [3.05, 3.63) is 70.4 Å². The van der Waals surface area contributed by atoms with Gasteiger partial charge in [-0.3, -0.25) is 9.59 Å². The molecule has 0 bridgehead atoms. The Hall–Kier alpha value is -2.79. The number of rotatable bonds is 5. The first-order valence-electron chi connectivity index (χ1n) is 10.4. The third-order valence-corrected chi connectivity index (χ3v) is 6.29. The maximum atomic E-state index is 12.7. The molecule has 2 N–H and O–H groups in total. The Morgan fingerprint density at radius 3 is 2.57 bits per heavy atom. The van der Waals surface area contributed by atoms with Crippen LogP contribution in [0.25, 0.3) is 10.9 Å². The number of hydrogen-bond donors (Lipinski definition) is 2. The summed E-state index contributed by atoms with van der Waals surface area (Å²) in [6.07, 6.45) is 2.15. The molecule has 0 unspecified atom stereocenters. The van der Waals surface area contributed by atoms with Crippen molar-refractivity contribution in [2.75, 3.05) is 19.6 Å². The number of aromatic nitrogens is 1. The summed E-state index contributed by atoms with van der Waals surface area (Å²) < 4.78 is 0. The minimum atomic E-state index is -0.0609. The molecule has 156 valence electrons. The van der Waals surface area contributed by atoms with Crippen LogP contribution < -0.4 is 5.32 Å². The Morgan fingerprint density at radius 2 is 1.80 bits per heavy atom. The predicted molar refractivity (Wildman–Crippen MR) is 120 cm³/mol. The Kier molecular flexibility index (Phi) is 6.09. The van der Waals surface area contributed by atoms with Gasteiger partial charge in [0.25, 0.3) is 5.91 Å². The molecular formula is C24H26ClN3O2. The van der Waals surface area contributed by atoms with E-state index in [1.54, 1.807) is 17.0 Å². The molecule has 0 spiro atoms. The summed E-state index contributed by atoms with van der Waals surface area (Å²) in [6.45, 7) is 3.83. The topological polar surface area (TPSA) is 65.2 Å². The van der Waals surface area contributed by atoms with Gasteiger partial charge < -0.3 is 15.2 Å². The third-order valence-electron chi connectivity index (χ3n) is 5.96. The smallest absolute Gasteiger partial charge is 0.255 e. The second-order valence-corrected chi connectivity index (χ2v) is 8.27. The van der Waals surface area contributed by atoms with Crippen LogP contribution in [0, 0.1) is 12.8 Å². The summed E-state index contributed by atoms with van der Waals surface area (Å²) in [5, 5.41) is 4.78. The molecule has 3 aromatic rings. The van der Waals surface area contributed by atoms with Gasteiger partial charge in [-0.25, -0.2) is 0 Å². The Bertz CT molecular complexity index is 1070. The number of amides is 2. The maximum Gasteiger partial charge on any atom is 0.255 e. The van der Waals surface area contributed by atoms with E-state index in [0.717, 1.165) is 17.6 Å². The zero-order valence-corrected chi connectivity index (χ0v) is 17.8. The molecule has 1 aliphatic heterocycles. The van der Waals surface area contributed by atoms with Gasteiger partial charge in [0.05, 0.1) is 10.6 Å². The van der Waals surface area contributed by atoms with E-state index in [2.05, 4.69) is 29.4 Å². The molecule has 30 heavy (non-hydrogen) atoms. The summed E-state index contributed by atoms with van der Waals surface area (Å²) in [4.78, 5) is 30.5. The average molecular weight is 424 g/mol. The van der Waals surface area contributed by atoms with Gasteiger partial charge in [-0.15, -0.1) is 0 Å². The monoisotopic (exact) mass is 423 g/mol. The van der Waals surface area contributed by atoms with E-state index in [1.165, 1.54) is 10.9 Å². The number of nitrogens with zero attached hydrogens (tertiary/aromatic N) is 1. The summed E-state index contributed by atoms with van der Waals surface area (Å²) in [5.41, 5.74) is 4.06. The zero-order valence-electron chi connectivity index (χ0n) is 17.1. The quantitative estimate of drug-likeness (QED) is 0.641. The number of likely N-dealkylation sites (tertiary alicyclic amines) is 1. The van der Waals surface area contributed by atoms with Crippen LogP contribution in [0.15, 0.2) is 48.5 Å². The molecule has 0 atom stereocenters. The van der Waals surface area contributed by atoms with E-state index < -0.39 is 0 Å². The molecule has 1 aliphatic rings. The molecule has 2 heterocycles. The third kappa shape index (κ3) is 4.21. The van der Waals surface area contributed by atoms with Crippen LogP contribution in [0.4, 0.5) is 0 Å². The van der Waals surface area contributed by atoms with Gasteiger partial charge in [0, 0.05) is 42.1 Å². The van der Waals surface area contributed by atoms with E-state index in [0.29, 0.717) is 43.1 Å². The molecule has 0 aliphatic carbocycles. The molecule has 1 saturated heterocycles. The van der Waals surface area contributed by atoms with Crippen LogP contribution in [-0.4, -0.2) is 41.3 Å². The molecule has 1 fully saturated rings. The number of benzene rings is 2. The van der Waals surface area contributed by atoms with Crippen LogP contribution in [0.2, 0.25) is 5.02 Å². The Labute approximate surface area is 181 Å². The van der Waals surface area contributed by atoms with E-state index >= 15 is 0 Å². The fraction of sp³-hybridized carbons (Fsp3) is 0.333. The molecular weight excluding hydrogens is 398 g/mol. The minimum Gasteiger partial charge on any atom is -0.358 e. The minimum absolute atomic E-state index is 0.0515. The molecule has 2 amide bonds. The van der Waals surface area contributed by atoms with Gasteiger partial charge in [0.15, 0.2) is 0 Å². The van der Waals surface area contributed by atoms with Gasteiger partial charge in [0.2, 0.25) is 5.91 Å². The number of carbonyl (C=O) groups is 2. The van der Waals surface area contributed by atoms with Gasteiger partial charge in [-0.05, 0) is 49.9 Å². The molecule has 2 aromatic carbocycles. The van der Waals surface area contributed by atoms with Crippen molar-refractivity contribution in [3.63, 3.8) is 0 Å². The van der Waals surface area contributed by atoms with Crippen LogP contribution in [0.1, 0.15) is 34.5 Å². The number of H-pyrrole nitrogens is 1. The first kappa shape index (κ1) is 20.5. The summed E-state index contributed by atoms with van der Waals surface area (Å²) >= 11 is 6.15. The highest BCUT2D eigenvalue weighted by Crippen LogP contribution is 2.24. The van der Waals surface area contributed by atoms with E-state index in [9.17, 15) is 9.59 Å². The number of fused-ring (bicyclic) bond motifs is 1. The van der Waals surface area contributed by atoms with Crippen LogP contribution in [0.3, 0.4) is 0 Å². The number of nitrogens with one attached hydrogen (secondary N) is 2. The average Bonchev–Trinajstić information content (AvgIpc) is 3.09. The SMILES string of the molecule is Cc1[nH]c2ccccc2c1CCNC(=O)C1CCN(C(=O)c2ccccc2Cl)CC1. The number of hydrogen-bond acceptors (Lipinski definition) is 2. The number of para-hydroxylation sites is 1. The lowest BCUT2D eigenvalue weighted by Crippen LogP contribution is -2.43. The van der Waals surface area contributed by atoms with Crippen LogP contribution >= 0.6 is 11.6 Å². The highest BCUT2D eigenvalue weighted by Gasteiger charge is 2.28. The lowest BCUT2D eigenvalue weighted by molar-refractivity contribution is -0.126. The van der Waals surface area contributed by atoms with E-state index in [-0.39, 0.29) is 17.7 Å². The van der Waals surface area contributed by atoms with Gasteiger partial charge in [-0.2, -0.15) is 0 Å². The number of halogens is 1. The fourth-order valence-corrected chi connectivity index (χ4v) is 4.48. The van der Waals surface area contributed by atoms with Crippen molar-refractivity contribution in [1.29, 1.82) is 0 Å². The molecule has 5 nitrogen and oxygen atoms in total. The second-order valence-electron chi connectivity index (χ2n) is 7.86. The van der Waals surface area contributed by atoms with Crippen molar-refractivity contribution in [2.45, 2.75) is 26.2 Å². The standard InChI is InChI=1S/C24H26ClN3O2/c1-16-18(19-6-3-5-9-22(19)27-16)10-13-26-23(29)17-11-14-28(15-12-17)24(30)20-7-2-4-8-21(20)25/h2-9,17,27H,10-15H2,1H3,(H,26,29). The van der Waals surface area contributed by atoms with Crippen molar-refractivity contribution >= 4 is 34.3 Å². The number of carbonyl (C=O) groups excluding carboxylic acids is 2. The van der Waals surface area contributed by atoms with Gasteiger partial charge in [-0.1, -0.05) is 41.9 Å². The molecule has 6 heteroatoms. The lowest BCUT2D eigenvalue weighted by Gasteiger charge is -2.31. The highest BCUT2D eigenvalue weighted by molar-refractivity contribution is 6.33. The fourth-order valence-electron chi connectivity index (χ4n) is 4.26. The molecule has 4 rings (SSSR count). The Balaban J connectivity index is 1.28. The van der Waals surface area contributed by atoms with E-state index in [4.69, 9.17) is 11.6 Å². The molecule has 1 aromatic heterocycles. The van der Waals surface area contributed by atoms with E-state index in [1.807, 2.05) is 24.3 Å². The zero-order chi connectivity index (χ0) is 21.1. The number of aryl methyl sites for hydroxylation is 1. The molecule has 0 saturated carbocycles. The van der Waals surface area contributed by atoms with Crippen LogP contribution in [-0.2, 0) is 11.2 Å². The van der Waals surface area contributed by atoms with Gasteiger partial charge >= 0.3 is 0 Å². The maximum absolute atomic E-state index is 12.7. The van der Waals surface area contributed by atoms with Crippen molar-refractivity contribution in [1.82, 2.24) is 15.2 Å². The summed E-state index contributed by atoms with van der Waals surface area (Å²) in [7, 11) is 0. The lowest BCUT2D eigenvalue weighted by atomic mass is 9.95. The molecule has 0 radical (unpaired) electrons. The first-order chi connectivity index (χ1) is 14.5. The van der Waals surface area contributed by atoms with Crippen molar-refractivity contribution in [2.24, 2.45) is 5.92 Å². The van der Waals surface area contributed by atoms with Crippen molar-refractivity contribution in [3.8, 4) is 0 Å². The largest absolute Gasteiger partial charge is 0.358 e.